The Morgan fingerprint density at radius 1 is 1.13 bits per heavy atom. The average molecular weight is 441 g/mol. The van der Waals surface area contributed by atoms with Gasteiger partial charge in [0.1, 0.15) is 0 Å². The first-order valence-corrected chi connectivity index (χ1v) is 10.8. The second-order valence-corrected chi connectivity index (χ2v) is 7.63. The largest absolute Gasteiger partial charge is 0.490 e. The Bertz CT molecular complexity index is 1000. The summed E-state index contributed by atoms with van der Waals surface area (Å²) in [7, 11) is 0. The second kappa shape index (κ2) is 10.7. The zero-order valence-corrected chi connectivity index (χ0v) is 18.2. The number of aliphatic imine (C=N–C) groups is 1. The number of carboxylic acid groups (broad SMARTS) is 1. The molecule has 8 heteroatoms. The number of hydrogen-bond donors (Lipinski definition) is 1. The van der Waals surface area contributed by atoms with Crippen LogP contribution in [0.15, 0.2) is 58.4 Å². The summed E-state index contributed by atoms with van der Waals surface area (Å²) in [5, 5.41) is 9.49. The Morgan fingerprint density at radius 2 is 1.90 bits per heavy atom. The minimum Gasteiger partial charge on any atom is -0.490 e. The number of carboxylic acids is 1. The van der Waals surface area contributed by atoms with Crippen molar-refractivity contribution in [2.75, 3.05) is 19.8 Å². The molecule has 0 saturated carbocycles. The first-order valence-electron chi connectivity index (χ1n) is 9.98. The number of hydrogen-bond acceptors (Lipinski definition) is 6. The number of ether oxygens (including phenoxy) is 2. The molecular weight excluding hydrogens is 416 g/mol. The van der Waals surface area contributed by atoms with E-state index in [2.05, 4.69) is 4.99 Å². The lowest BCUT2D eigenvalue weighted by Gasteiger charge is -2.14. The predicted octanol–water partition coefficient (Wildman–Crippen LogP) is 4.56. The molecule has 1 fully saturated rings. The third kappa shape index (κ3) is 5.88. The van der Waals surface area contributed by atoms with Crippen molar-refractivity contribution < 1.29 is 24.2 Å². The summed E-state index contributed by atoms with van der Waals surface area (Å²) in [5.74, 6) is -0.388. The van der Waals surface area contributed by atoms with Crippen molar-refractivity contribution in [3.05, 3.63) is 59.0 Å². The minimum absolute atomic E-state index is 0.0919. The lowest BCUT2D eigenvalue weighted by molar-refractivity contribution is -0.139. The van der Waals surface area contributed by atoms with Crippen LogP contribution in [0, 0.1) is 0 Å². The van der Waals surface area contributed by atoms with E-state index in [9.17, 15) is 9.59 Å². The van der Waals surface area contributed by atoms with Crippen LogP contribution in [-0.4, -0.2) is 46.8 Å². The number of amides is 1. The number of para-hydroxylation sites is 1. The summed E-state index contributed by atoms with van der Waals surface area (Å²) in [5.41, 5.74) is 1.54. The molecule has 1 aliphatic rings. The highest BCUT2D eigenvalue weighted by Crippen LogP contribution is 2.36. The van der Waals surface area contributed by atoms with Gasteiger partial charge in [-0.15, -0.1) is 0 Å². The molecule has 0 aromatic heterocycles. The van der Waals surface area contributed by atoms with E-state index in [1.165, 1.54) is 11.8 Å². The summed E-state index contributed by atoms with van der Waals surface area (Å²) in [6.07, 6.45) is 2.60. The molecule has 31 heavy (non-hydrogen) atoms. The SMILES string of the molecule is CCCN1C(=O)/C(=C\c2ccc(OCC(=O)O)c(OCC)c2)SC1=Nc1ccccc1. The van der Waals surface area contributed by atoms with Crippen LogP contribution in [0.25, 0.3) is 6.08 Å². The number of rotatable bonds is 9. The molecule has 1 heterocycles. The number of carbonyl (C=O) groups is 2. The van der Waals surface area contributed by atoms with Crippen LogP contribution in [0.4, 0.5) is 5.69 Å². The Kier molecular flexibility index (Phi) is 7.72. The van der Waals surface area contributed by atoms with Gasteiger partial charge in [-0.25, -0.2) is 9.79 Å². The Hall–Kier alpha value is -3.26. The number of nitrogens with zero attached hydrogens (tertiary/aromatic N) is 2. The fourth-order valence-corrected chi connectivity index (χ4v) is 3.94. The van der Waals surface area contributed by atoms with Crippen LogP contribution < -0.4 is 9.47 Å². The van der Waals surface area contributed by atoms with Gasteiger partial charge >= 0.3 is 5.97 Å². The van der Waals surface area contributed by atoms with Crippen LogP contribution >= 0.6 is 11.8 Å². The molecule has 0 atom stereocenters. The highest BCUT2D eigenvalue weighted by atomic mass is 32.2. The van der Waals surface area contributed by atoms with Gasteiger partial charge in [0.15, 0.2) is 23.3 Å². The maximum Gasteiger partial charge on any atom is 0.341 e. The standard InChI is InChI=1S/C23H24N2O5S/c1-3-12-25-22(28)20(31-23(25)24-17-8-6-5-7-9-17)14-16-10-11-18(30-15-21(26)27)19(13-16)29-4-2/h5-11,13-14H,3-4,12,15H2,1-2H3,(H,26,27)/b20-14+,24-23?. The number of thioether (sulfide) groups is 1. The normalized spacial score (nSPS) is 16.2. The lowest BCUT2D eigenvalue weighted by Crippen LogP contribution is -2.29. The predicted molar refractivity (Wildman–Crippen MR) is 122 cm³/mol. The van der Waals surface area contributed by atoms with Crippen molar-refractivity contribution in [1.29, 1.82) is 0 Å². The fourth-order valence-electron chi connectivity index (χ4n) is 2.92. The minimum atomic E-state index is -1.07. The molecular formula is C23H24N2O5S. The monoisotopic (exact) mass is 440 g/mol. The van der Waals surface area contributed by atoms with E-state index in [0.717, 1.165) is 17.7 Å². The summed E-state index contributed by atoms with van der Waals surface area (Å²) in [6.45, 7) is 4.37. The van der Waals surface area contributed by atoms with Gasteiger partial charge in [0, 0.05) is 6.54 Å². The highest BCUT2D eigenvalue weighted by molar-refractivity contribution is 8.18. The number of aliphatic carboxylic acids is 1. The molecule has 1 N–H and O–H groups in total. The summed E-state index contributed by atoms with van der Waals surface area (Å²) in [4.78, 5) is 30.7. The molecule has 0 radical (unpaired) electrons. The van der Waals surface area contributed by atoms with Crippen LogP contribution in [0.5, 0.6) is 11.5 Å². The molecule has 2 aromatic rings. The summed E-state index contributed by atoms with van der Waals surface area (Å²) < 4.78 is 10.9. The third-order valence-electron chi connectivity index (χ3n) is 4.23. The number of carbonyl (C=O) groups excluding carboxylic acids is 1. The zero-order chi connectivity index (χ0) is 22.2. The van der Waals surface area contributed by atoms with Gasteiger partial charge in [-0.05, 0) is 61.0 Å². The molecule has 2 aromatic carbocycles. The molecule has 7 nitrogen and oxygen atoms in total. The number of benzene rings is 2. The lowest BCUT2D eigenvalue weighted by atomic mass is 10.2. The maximum atomic E-state index is 13.0. The van der Waals surface area contributed by atoms with E-state index >= 15 is 0 Å². The second-order valence-electron chi connectivity index (χ2n) is 6.62. The van der Waals surface area contributed by atoms with Gasteiger partial charge in [0.25, 0.3) is 5.91 Å². The van der Waals surface area contributed by atoms with Gasteiger partial charge < -0.3 is 14.6 Å². The third-order valence-corrected chi connectivity index (χ3v) is 5.24. The van der Waals surface area contributed by atoms with E-state index < -0.39 is 12.6 Å². The van der Waals surface area contributed by atoms with Gasteiger partial charge in [-0.2, -0.15) is 0 Å². The van der Waals surface area contributed by atoms with E-state index in [0.29, 0.717) is 34.7 Å². The van der Waals surface area contributed by atoms with Gasteiger partial charge in [0.05, 0.1) is 17.2 Å². The molecule has 0 spiro atoms. The molecule has 162 valence electrons. The fraction of sp³-hybridized carbons (Fsp3) is 0.261. The van der Waals surface area contributed by atoms with Crippen LogP contribution in [0.2, 0.25) is 0 Å². The summed E-state index contributed by atoms with van der Waals surface area (Å²) >= 11 is 1.33. The van der Waals surface area contributed by atoms with Crippen molar-refractivity contribution in [3.63, 3.8) is 0 Å². The van der Waals surface area contributed by atoms with Gasteiger partial charge in [0.2, 0.25) is 0 Å². The van der Waals surface area contributed by atoms with Crippen LogP contribution in [0.3, 0.4) is 0 Å². The quantitative estimate of drug-likeness (QED) is 0.575. The molecule has 1 saturated heterocycles. The van der Waals surface area contributed by atoms with E-state index in [1.54, 1.807) is 29.2 Å². The average Bonchev–Trinajstić information content (AvgIpc) is 3.03. The summed E-state index contributed by atoms with van der Waals surface area (Å²) in [6, 6.07) is 14.7. The van der Waals surface area contributed by atoms with Gasteiger partial charge in [-0.3, -0.25) is 9.69 Å². The molecule has 1 aliphatic heterocycles. The molecule has 0 bridgehead atoms. The van der Waals surface area contributed by atoms with Crippen molar-refractivity contribution in [3.8, 4) is 11.5 Å². The molecule has 3 rings (SSSR count). The van der Waals surface area contributed by atoms with E-state index in [1.807, 2.05) is 44.2 Å². The number of amidine groups is 1. The van der Waals surface area contributed by atoms with Crippen LogP contribution in [-0.2, 0) is 9.59 Å². The van der Waals surface area contributed by atoms with Crippen molar-refractivity contribution in [1.82, 2.24) is 4.90 Å². The topological polar surface area (TPSA) is 88.4 Å². The Labute approximate surface area is 185 Å². The maximum absolute atomic E-state index is 13.0. The van der Waals surface area contributed by atoms with Crippen LogP contribution in [0.1, 0.15) is 25.8 Å². The van der Waals surface area contributed by atoms with Crippen molar-refractivity contribution in [2.24, 2.45) is 4.99 Å². The van der Waals surface area contributed by atoms with E-state index in [4.69, 9.17) is 14.6 Å². The Morgan fingerprint density at radius 3 is 2.58 bits per heavy atom. The first kappa shape index (κ1) is 22.4. The van der Waals surface area contributed by atoms with Gasteiger partial charge in [-0.1, -0.05) is 31.2 Å². The zero-order valence-electron chi connectivity index (χ0n) is 17.4. The molecule has 0 unspecified atom stereocenters. The van der Waals surface area contributed by atoms with Crippen molar-refractivity contribution >= 4 is 40.6 Å². The van der Waals surface area contributed by atoms with Crippen molar-refractivity contribution in [2.45, 2.75) is 20.3 Å². The first-order chi connectivity index (χ1) is 15.0. The molecule has 1 amide bonds. The van der Waals surface area contributed by atoms with E-state index in [-0.39, 0.29) is 5.91 Å². The Balaban J connectivity index is 1.89. The molecule has 0 aliphatic carbocycles. The smallest absolute Gasteiger partial charge is 0.341 e. The highest BCUT2D eigenvalue weighted by Gasteiger charge is 2.32.